The molecule has 0 saturated carbocycles. The van der Waals surface area contributed by atoms with E-state index in [1.807, 2.05) is 42.6 Å². The minimum absolute atomic E-state index is 0.869. The first kappa shape index (κ1) is 11.7. The van der Waals surface area contributed by atoms with Crippen molar-refractivity contribution in [2.24, 2.45) is 0 Å². The van der Waals surface area contributed by atoms with Gasteiger partial charge < -0.3 is 5.32 Å². The Hall–Kier alpha value is -2.42. The summed E-state index contributed by atoms with van der Waals surface area (Å²) < 4.78 is 0. The van der Waals surface area contributed by atoms with Gasteiger partial charge in [0.2, 0.25) is 0 Å². The lowest BCUT2D eigenvalue weighted by atomic mass is 10.1. The molecule has 0 saturated heterocycles. The molecule has 3 nitrogen and oxygen atoms in total. The van der Waals surface area contributed by atoms with Crippen LogP contribution in [0.1, 0.15) is 6.92 Å². The van der Waals surface area contributed by atoms with E-state index in [2.05, 4.69) is 34.3 Å². The highest BCUT2D eigenvalue weighted by molar-refractivity contribution is 5.93. The van der Waals surface area contributed by atoms with Crippen LogP contribution < -0.4 is 5.32 Å². The van der Waals surface area contributed by atoms with Crippen LogP contribution in [0, 0.1) is 0 Å². The molecule has 2 heterocycles. The SMILES string of the molecule is CCNc1cccc(-c2cccc3ncccc23)n1. The second kappa shape index (κ2) is 5.06. The summed E-state index contributed by atoms with van der Waals surface area (Å²) in [6, 6.07) is 16.2. The zero-order valence-corrected chi connectivity index (χ0v) is 10.8. The van der Waals surface area contributed by atoms with Crippen LogP contribution in [-0.2, 0) is 0 Å². The first-order chi connectivity index (χ1) is 9.38. The summed E-state index contributed by atoms with van der Waals surface area (Å²) in [5, 5.41) is 4.37. The number of fused-ring (bicyclic) bond motifs is 1. The highest BCUT2D eigenvalue weighted by atomic mass is 15.0. The van der Waals surface area contributed by atoms with Crippen LogP contribution in [0.25, 0.3) is 22.2 Å². The Morgan fingerprint density at radius 3 is 2.79 bits per heavy atom. The fourth-order valence-electron chi connectivity index (χ4n) is 2.19. The Balaban J connectivity index is 2.16. The second-order valence-electron chi connectivity index (χ2n) is 4.31. The lowest BCUT2D eigenvalue weighted by Gasteiger charge is -2.08. The molecule has 1 N–H and O–H groups in total. The van der Waals surface area contributed by atoms with E-state index < -0.39 is 0 Å². The molecular weight excluding hydrogens is 234 g/mol. The van der Waals surface area contributed by atoms with Crippen molar-refractivity contribution in [1.82, 2.24) is 9.97 Å². The minimum atomic E-state index is 0.869. The molecule has 0 aliphatic rings. The smallest absolute Gasteiger partial charge is 0.126 e. The van der Waals surface area contributed by atoms with Gasteiger partial charge in [0, 0.05) is 23.7 Å². The number of rotatable bonds is 3. The Bertz CT molecular complexity index is 702. The summed E-state index contributed by atoms with van der Waals surface area (Å²) in [5.74, 6) is 0.904. The average Bonchev–Trinajstić information content (AvgIpc) is 2.47. The molecule has 0 aliphatic heterocycles. The zero-order chi connectivity index (χ0) is 13.1. The molecule has 0 unspecified atom stereocenters. The van der Waals surface area contributed by atoms with E-state index in [9.17, 15) is 0 Å². The van der Waals surface area contributed by atoms with Gasteiger partial charge in [-0.05, 0) is 31.2 Å². The third kappa shape index (κ3) is 2.27. The molecule has 0 radical (unpaired) electrons. The highest BCUT2D eigenvalue weighted by Gasteiger charge is 2.05. The molecule has 3 heteroatoms. The maximum Gasteiger partial charge on any atom is 0.126 e. The number of benzene rings is 1. The maximum absolute atomic E-state index is 4.64. The number of anilines is 1. The zero-order valence-electron chi connectivity index (χ0n) is 10.8. The van der Waals surface area contributed by atoms with E-state index >= 15 is 0 Å². The third-order valence-electron chi connectivity index (χ3n) is 3.03. The molecule has 0 spiro atoms. The molecule has 94 valence electrons. The van der Waals surface area contributed by atoms with Crippen LogP contribution in [0.5, 0.6) is 0 Å². The minimum Gasteiger partial charge on any atom is -0.370 e. The van der Waals surface area contributed by atoms with Crippen LogP contribution in [0.3, 0.4) is 0 Å². The first-order valence-electron chi connectivity index (χ1n) is 6.43. The van der Waals surface area contributed by atoms with Crippen molar-refractivity contribution in [2.75, 3.05) is 11.9 Å². The molecule has 1 aromatic carbocycles. The van der Waals surface area contributed by atoms with Crippen molar-refractivity contribution in [3.8, 4) is 11.3 Å². The standard InChI is InChI=1S/C16H15N3/c1-2-17-16-10-4-9-15(19-16)13-6-3-8-14-12(13)7-5-11-18-14/h3-11H,2H2,1H3,(H,17,19). The summed E-state index contributed by atoms with van der Waals surface area (Å²) in [6.07, 6.45) is 1.81. The largest absolute Gasteiger partial charge is 0.370 e. The van der Waals surface area contributed by atoms with Crippen molar-refractivity contribution in [1.29, 1.82) is 0 Å². The van der Waals surface area contributed by atoms with Crippen LogP contribution >= 0.6 is 0 Å². The van der Waals surface area contributed by atoms with Crippen LogP contribution in [0.2, 0.25) is 0 Å². The van der Waals surface area contributed by atoms with Crippen molar-refractivity contribution < 1.29 is 0 Å². The van der Waals surface area contributed by atoms with Gasteiger partial charge in [-0.1, -0.05) is 24.3 Å². The molecule has 0 aliphatic carbocycles. The molecule has 0 atom stereocenters. The lowest BCUT2D eigenvalue weighted by Crippen LogP contribution is -1.99. The summed E-state index contributed by atoms with van der Waals surface area (Å²) >= 11 is 0. The van der Waals surface area contributed by atoms with Gasteiger partial charge in [0.25, 0.3) is 0 Å². The van der Waals surface area contributed by atoms with Crippen molar-refractivity contribution in [2.45, 2.75) is 6.92 Å². The lowest BCUT2D eigenvalue weighted by molar-refractivity contribution is 1.16. The summed E-state index contributed by atoms with van der Waals surface area (Å²) in [7, 11) is 0. The normalized spacial score (nSPS) is 10.6. The maximum atomic E-state index is 4.64. The van der Waals surface area contributed by atoms with Gasteiger partial charge in [0.1, 0.15) is 5.82 Å². The van der Waals surface area contributed by atoms with Crippen molar-refractivity contribution in [3.63, 3.8) is 0 Å². The van der Waals surface area contributed by atoms with Crippen molar-refractivity contribution in [3.05, 3.63) is 54.7 Å². The summed E-state index contributed by atoms with van der Waals surface area (Å²) in [6.45, 7) is 2.93. The molecule has 0 fully saturated rings. The monoisotopic (exact) mass is 249 g/mol. The molecule has 2 aromatic heterocycles. The van der Waals surface area contributed by atoms with E-state index in [1.54, 1.807) is 0 Å². The molecule has 0 bridgehead atoms. The second-order valence-corrected chi connectivity index (χ2v) is 4.31. The van der Waals surface area contributed by atoms with Gasteiger partial charge in [-0.3, -0.25) is 4.98 Å². The van der Waals surface area contributed by atoms with Gasteiger partial charge in [0.15, 0.2) is 0 Å². The van der Waals surface area contributed by atoms with E-state index in [-0.39, 0.29) is 0 Å². The number of nitrogens with zero attached hydrogens (tertiary/aromatic N) is 2. The van der Waals surface area contributed by atoms with Crippen molar-refractivity contribution >= 4 is 16.7 Å². The van der Waals surface area contributed by atoms with E-state index in [1.165, 1.54) is 0 Å². The molecule has 0 amide bonds. The Kier molecular flexibility index (Phi) is 3.11. The predicted molar refractivity (Wildman–Crippen MR) is 79.1 cm³/mol. The Morgan fingerprint density at radius 1 is 1.00 bits per heavy atom. The number of hydrogen-bond acceptors (Lipinski definition) is 3. The van der Waals surface area contributed by atoms with Gasteiger partial charge in [-0.15, -0.1) is 0 Å². The number of pyridine rings is 2. The van der Waals surface area contributed by atoms with Gasteiger partial charge in [-0.25, -0.2) is 4.98 Å². The van der Waals surface area contributed by atoms with Crippen LogP contribution in [0.15, 0.2) is 54.7 Å². The third-order valence-corrected chi connectivity index (χ3v) is 3.03. The van der Waals surface area contributed by atoms with Gasteiger partial charge in [-0.2, -0.15) is 0 Å². The number of aromatic nitrogens is 2. The first-order valence-corrected chi connectivity index (χ1v) is 6.43. The van der Waals surface area contributed by atoms with Gasteiger partial charge >= 0.3 is 0 Å². The van der Waals surface area contributed by atoms with Crippen LogP contribution in [0.4, 0.5) is 5.82 Å². The van der Waals surface area contributed by atoms with E-state index in [0.717, 1.165) is 34.5 Å². The quantitative estimate of drug-likeness (QED) is 0.768. The molecule has 3 rings (SSSR count). The molecular formula is C16H15N3. The molecule has 3 aromatic rings. The topological polar surface area (TPSA) is 37.8 Å². The number of hydrogen-bond donors (Lipinski definition) is 1. The fraction of sp³-hybridized carbons (Fsp3) is 0.125. The van der Waals surface area contributed by atoms with E-state index in [4.69, 9.17) is 0 Å². The van der Waals surface area contributed by atoms with E-state index in [0.29, 0.717) is 0 Å². The summed E-state index contributed by atoms with van der Waals surface area (Å²) in [4.78, 5) is 9.03. The fourth-order valence-corrected chi connectivity index (χ4v) is 2.19. The van der Waals surface area contributed by atoms with Crippen LogP contribution in [-0.4, -0.2) is 16.5 Å². The Morgan fingerprint density at radius 2 is 1.89 bits per heavy atom. The number of nitrogens with one attached hydrogen (secondary N) is 1. The van der Waals surface area contributed by atoms with Gasteiger partial charge in [0.05, 0.1) is 11.2 Å². The molecule has 19 heavy (non-hydrogen) atoms. The Labute approximate surface area is 112 Å². The average molecular weight is 249 g/mol. The summed E-state index contributed by atoms with van der Waals surface area (Å²) in [5.41, 5.74) is 3.08. The predicted octanol–water partition coefficient (Wildman–Crippen LogP) is 3.73. The highest BCUT2D eigenvalue weighted by Crippen LogP contribution is 2.26.